The van der Waals surface area contributed by atoms with Gasteiger partial charge in [-0.15, -0.1) is 0 Å². The Balaban J connectivity index is 1.68. The van der Waals surface area contributed by atoms with E-state index in [1.807, 2.05) is 36.0 Å². The van der Waals surface area contributed by atoms with Gasteiger partial charge >= 0.3 is 0 Å². The summed E-state index contributed by atoms with van der Waals surface area (Å²) in [5, 5.41) is 0. The fourth-order valence-electron chi connectivity index (χ4n) is 3.17. The van der Waals surface area contributed by atoms with Gasteiger partial charge in [-0.1, -0.05) is 60.8 Å². The zero-order chi connectivity index (χ0) is 17.4. The van der Waals surface area contributed by atoms with Crippen molar-refractivity contribution in [1.82, 2.24) is 0 Å². The topological polar surface area (TPSA) is 17.1 Å². The highest BCUT2D eigenvalue weighted by molar-refractivity contribution is 7.99. The van der Waals surface area contributed by atoms with E-state index in [1.54, 1.807) is 6.92 Å². The van der Waals surface area contributed by atoms with E-state index in [0.717, 1.165) is 28.7 Å². The summed E-state index contributed by atoms with van der Waals surface area (Å²) >= 11 is 1.83. The first kappa shape index (κ1) is 15.9. The molecule has 1 aliphatic rings. The molecule has 0 aliphatic carbocycles. The van der Waals surface area contributed by atoms with Gasteiger partial charge in [0, 0.05) is 15.4 Å². The van der Waals surface area contributed by atoms with Gasteiger partial charge in [0.1, 0.15) is 0 Å². The minimum atomic E-state index is 0.0769. The highest BCUT2D eigenvalue weighted by Crippen LogP contribution is 2.40. The molecule has 0 unspecified atom stereocenters. The van der Waals surface area contributed by atoms with Crippen molar-refractivity contribution in [3.05, 3.63) is 101 Å². The summed E-state index contributed by atoms with van der Waals surface area (Å²) in [7, 11) is 0. The molecule has 1 nitrogen and oxygen atoms in total. The van der Waals surface area contributed by atoms with Gasteiger partial charge in [-0.2, -0.15) is 0 Å². The molecule has 122 valence electrons. The molecular weight excluding hydrogens is 324 g/mol. The summed E-state index contributed by atoms with van der Waals surface area (Å²) in [6.07, 6.45) is 0.952. The largest absolute Gasteiger partial charge is 0.295 e. The fourth-order valence-corrected chi connectivity index (χ4v) is 4.22. The summed E-state index contributed by atoms with van der Waals surface area (Å²) in [6, 6.07) is 22.8. The summed E-state index contributed by atoms with van der Waals surface area (Å²) in [5.74, 6) is 0.0769. The Kier molecular flexibility index (Phi) is 4.06. The Hall–Kier alpha value is -2.58. The average Bonchev–Trinajstić information content (AvgIpc) is 2.65. The second-order valence-corrected chi connectivity index (χ2v) is 7.41. The van der Waals surface area contributed by atoms with E-state index in [0.29, 0.717) is 0 Å². The monoisotopic (exact) mass is 342 g/mol. The minimum Gasteiger partial charge on any atom is -0.295 e. The van der Waals surface area contributed by atoms with E-state index >= 15 is 0 Å². The number of fused-ring (bicyclic) bond motifs is 2. The Labute approximate surface area is 152 Å². The molecule has 0 saturated carbocycles. The Morgan fingerprint density at radius 1 is 0.840 bits per heavy atom. The first-order valence-electron chi connectivity index (χ1n) is 8.31. The van der Waals surface area contributed by atoms with Crippen molar-refractivity contribution in [3.63, 3.8) is 0 Å². The van der Waals surface area contributed by atoms with E-state index in [-0.39, 0.29) is 5.78 Å². The Morgan fingerprint density at radius 2 is 1.56 bits per heavy atom. The Bertz CT molecular complexity index is 1000. The molecule has 0 fully saturated rings. The molecule has 3 aromatic carbocycles. The standard InChI is InChI=1S/C23H18OS/c1-15(17-7-5-8-19(12-17)16(2)24)18-10-11-23-21(13-18)14-20-6-3-4-9-22(20)25-23/h3-13H,1,14H2,2H3. The van der Waals surface area contributed by atoms with Crippen LogP contribution in [0.15, 0.2) is 83.1 Å². The maximum absolute atomic E-state index is 11.6. The van der Waals surface area contributed by atoms with Gasteiger partial charge in [0.25, 0.3) is 0 Å². The number of benzene rings is 3. The van der Waals surface area contributed by atoms with Crippen molar-refractivity contribution in [3.8, 4) is 0 Å². The van der Waals surface area contributed by atoms with Gasteiger partial charge in [-0.3, -0.25) is 4.79 Å². The molecular formula is C23H18OS. The average molecular weight is 342 g/mol. The number of hydrogen-bond acceptors (Lipinski definition) is 2. The third-order valence-electron chi connectivity index (χ3n) is 4.60. The van der Waals surface area contributed by atoms with Gasteiger partial charge in [-0.05, 0) is 65.4 Å². The smallest absolute Gasteiger partial charge is 0.159 e. The van der Waals surface area contributed by atoms with E-state index in [2.05, 4.69) is 49.0 Å². The molecule has 25 heavy (non-hydrogen) atoms. The zero-order valence-electron chi connectivity index (χ0n) is 14.1. The lowest BCUT2D eigenvalue weighted by Crippen LogP contribution is -2.00. The predicted octanol–water partition coefficient (Wildman–Crippen LogP) is 6.01. The third kappa shape index (κ3) is 3.06. The first-order valence-corrected chi connectivity index (χ1v) is 9.13. The van der Waals surface area contributed by atoms with E-state index in [9.17, 15) is 4.79 Å². The molecule has 0 N–H and O–H groups in total. The fraction of sp³-hybridized carbons (Fsp3) is 0.0870. The van der Waals surface area contributed by atoms with Crippen molar-refractivity contribution >= 4 is 23.1 Å². The molecule has 0 radical (unpaired) electrons. The molecule has 2 heteroatoms. The number of ketones is 1. The Morgan fingerprint density at radius 3 is 2.40 bits per heavy atom. The summed E-state index contributed by atoms with van der Waals surface area (Å²) in [6.45, 7) is 5.86. The van der Waals surface area contributed by atoms with Crippen LogP contribution in [0.3, 0.4) is 0 Å². The van der Waals surface area contributed by atoms with Crippen LogP contribution in [-0.4, -0.2) is 5.78 Å². The molecule has 1 heterocycles. The molecule has 0 atom stereocenters. The maximum atomic E-state index is 11.6. The van der Waals surface area contributed by atoms with Gasteiger partial charge in [0.15, 0.2) is 5.78 Å². The van der Waals surface area contributed by atoms with Crippen LogP contribution >= 0.6 is 11.8 Å². The number of carbonyl (C=O) groups is 1. The molecule has 0 bridgehead atoms. The van der Waals surface area contributed by atoms with Gasteiger partial charge in [0.05, 0.1) is 0 Å². The molecule has 4 rings (SSSR count). The van der Waals surface area contributed by atoms with Gasteiger partial charge < -0.3 is 0 Å². The SMILES string of the molecule is C=C(c1cccc(C(C)=O)c1)c1ccc2c(c1)Cc1ccccc1S2. The lowest BCUT2D eigenvalue weighted by atomic mass is 9.94. The highest BCUT2D eigenvalue weighted by Gasteiger charge is 2.16. The highest BCUT2D eigenvalue weighted by atomic mass is 32.2. The number of carbonyl (C=O) groups excluding carboxylic acids is 1. The quantitative estimate of drug-likeness (QED) is 0.424. The normalized spacial score (nSPS) is 12.2. The third-order valence-corrected chi connectivity index (χ3v) is 5.84. The summed E-state index contributed by atoms with van der Waals surface area (Å²) in [5.41, 5.74) is 6.50. The van der Waals surface area contributed by atoms with Crippen LogP contribution in [0.25, 0.3) is 5.57 Å². The molecule has 0 amide bonds. The lowest BCUT2D eigenvalue weighted by Gasteiger charge is -2.20. The van der Waals surface area contributed by atoms with Crippen molar-refractivity contribution in [1.29, 1.82) is 0 Å². The van der Waals surface area contributed by atoms with Crippen molar-refractivity contribution in [2.45, 2.75) is 23.1 Å². The van der Waals surface area contributed by atoms with Crippen LogP contribution in [0.1, 0.15) is 39.5 Å². The predicted molar refractivity (Wildman–Crippen MR) is 104 cm³/mol. The van der Waals surface area contributed by atoms with Crippen LogP contribution in [0.2, 0.25) is 0 Å². The van der Waals surface area contributed by atoms with Crippen LogP contribution in [0.4, 0.5) is 0 Å². The minimum absolute atomic E-state index is 0.0769. The maximum Gasteiger partial charge on any atom is 0.159 e. The van der Waals surface area contributed by atoms with Crippen LogP contribution in [0.5, 0.6) is 0 Å². The molecule has 0 saturated heterocycles. The van der Waals surface area contributed by atoms with E-state index < -0.39 is 0 Å². The second-order valence-electron chi connectivity index (χ2n) is 6.32. The van der Waals surface area contributed by atoms with E-state index in [1.165, 1.54) is 20.9 Å². The molecule has 0 aromatic heterocycles. The van der Waals surface area contributed by atoms with E-state index in [4.69, 9.17) is 0 Å². The summed E-state index contributed by atoms with van der Waals surface area (Å²) < 4.78 is 0. The molecule has 3 aromatic rings. The van der Waals surface area contributed by atoms with Crippen molar-refractivity contribution in [2.24, 2.45) is 0 Å². The van der Waals surface area contributed by atoms with Crippen molar-refractivity contribution in [2.75, 3.05) is 0 Å². The van der Waals surface area contributed by atoms with Crippen LogP contribution < -0.4 is 0 Å². The molecule has 0 spiro atoms. The summed E-state index contributed by atoms with van der Waals surface area (Å²) in [4.78, 5) is 14.3. The lowest BCUT2D eigenvalue weighted by molar-refractivity contribution is 0.101. The van der Waals surface area contributed by atoms with Crippen molar-refractivity contribution < 1.29 is 4.79 Å². The number of Topliss-reactive ketones (excluding diaryl/α,β-unsaturated/α-hetero) is 1. The number of rotatable bonds is 3. The first-order chi connectivity index (χ1) is 12.1. The van der Waals surface area contributed by atoms with Crippen LogP contribution in [0, 0.1) is 0 Å². The second kappa shape index (κ2) is 6.38. The number of hydrogen-bond donors (Lipinski definition) is 0. The van der Waals surface area contributed by atoms with Gasteiger partial charge in [0.2, 0.25) is 0 Å². The van der Waals surface area contributed by atoms with Crippen LogP contribution in [-0.2, 0) is 6.42 Å². The molecule has 1 aliphatic heterocycles. The zero-order valence-corrected chi connectivity index (χ0v) is 14.9. The van der Waals surface area contributed by atoms with Gasteiger partial charge in [-0.25, -0.2) is 0 Å².